The molecule has 1 saturated carbocycles. The van der Waals surface area contributed by atoms with E-state index in [4.69, 9.17) is 9.47 Å². The first kappa shape index (κ1) is 24.8. The van der Waals surface area contributed by atoms with Gasteiger partial charge in [-0.3, -0.25) is 4.98 Å². The summed E-state index contributed by atoms with van der Waals surface area (Å²) in [6.07, 6.45) is -3.31. The molecule has 2 heterocycles. The molecule has 4 rings (SSSR count). The molecule has 0 bridgehead atoms. The fourth-order valence-electron chi connectivity index (χ4n) is 4.65. The van der Waals surface area contributed by atoms with Crippen molar-refractivity contribution in [1.82, 2.24) is 9.55 Å². The molecule has 5 nitrogen and oxygen atoms in total. The van der Waals surface area contributed by atoms with Crippen LogP contribution in [0.1, 0.15) is 33.6 Å². The molecule has 1 fully saturated rings. The summed E-state index contributed by atoms with van der Waals surface area (Å²) in [5.74, 6) is -2.03. The van der Waals surface area contributed by atoms with Gasteiger partial charge in [0.15, 0.2) is 0 Å². The molecule has 0 amide bonds. The first-order valence-electron chi connectivity index (χ1n) is 11.7. The van der Waals surface area contributed by atoms with Crippen LogP contribution in [0.4, 0.5) is 13.2 Å². The zero-order valence-electron chi connectivity index (χ0n) is 20.0. The minimum absolute atomic E-state index is 0.0658. The molecule has 3 atom stereocenters. The summed E-state index contributed by atoms with van der Waals surface area (Å²) in [7, 11) is 0. The predicted octanol–water partition coefficient (Wildman–Crippen LogP) is 6.57. The molecule has 3 aromatic rings. The minimum Gasteiger partial charge on any atom is -0.490 e. The molecule has 0 radical (unpaired) electrons. The van der Waals surface area contributed by atoms with Gasteiger partial charge in [0.05, 0.1) is 11.2 Å². The smallest absolute Gasteiger partial charge is 0.398 e. The lowest BCUT2D eigenvalue weighted by atomic mass is 10.0. The van der Waals surface area contributed by atoms with Gasteiger partial charge < -0.3 is 14.0 Å². The standard InChI is InChI=1S/C27H29F3N2O3/c1-16(2)15-32-21(19-6-5-11-31-14-19)12-18-7-8-20(13-22(18)32)34-23-9-10-24(25(23)27(28,29)30)35-26(33)17(3)4/h5-8,11-14,16,23-25H,3,9-10,15H2,1-2,4H3. The van der Waals surface area contributed by atoms with Gasteiger partial charge in [-0.05, 0) is 56.0 Å². The number of carbonyl (C=O) groups is 1. The van der Waals surface area contributed by atoms with Crippen molar-refractivity contribution in [2.45, 2.75) is 58.5 Å². The van der Waals surface area contributed by atoms with Crippen LogP contribution in [0.15, 0.2) is 60.9 Å². The van der Waals surface area contributed by atoms with E-state index in [-0.39, 0.29) is 18.4 Å². The number of alkyl halides is 3. The molecule has 1 aromatic carbocycles. The Kier molecular flexibility index (Phi) is 6.92. The number of fused-ring (bicyclic) bond motifs is 1. The number of nitrogens with zero attached hydrogens (tertiary/aromatic N) is 2. The molecule has 35 heavy (non-hydrogen) atoms. The van der Waals surface area contributed by atoms with Gasteiger partial charge in [-0.1, -0.05) is 20.4 Å². The highest BCUT2D eigenvalue weighted by molar-refractivity contribution is 5.88. The van der Waals surface area contributed by atoms with E-state index < -0.39 is 30.3 Å². The third-order valence-corrected chi connectivity index (χ3v) is 6.19. The molecule has 1 aliphatic rings. The highest BCUT2D eigenvalue weighted by atomic mass is 19.4. The predicted molar refractivity (Wildman–Crippen MR) is 128 cm³/mol. The maximum absolute atomic E-state index is 14.0. The number of pyridine rings is 1. The average Bonchev–Trinajstić information content (AvgIpc) is 3.35. The fraction of sp³-hybridized carbons (Fsp3) is 0.407. The number of aromatic nitrogens is 2. The minimum atomic E-state index is -4.57. The number of ether oxygens (including phenoxy) is 2. The lowest BCUT2D eigenvalue weighted by Gasteiger charge is -2.27. The first-order chi connectivity index (χ1) is 16.5. The van der Waals surface area contributed by atoms with Crippen LogP contribution in [0.3, 0.4) is 0 Å². The largest absolute Gasteiger partial charge is 0.490 e. The number of benzene rings is 1. The van der Waals surface area contributed by atoms with Gasteiger partial charge in [0.1, 0.15) is 23.9 Å². The van der Waals surface area contributed by atoms with E-state index >= 15 is 0 Å². The van der Waals surface area contributed by atoms with Crippen molar-refractivity contribution >= 4 is 16.9 Å². The Labute approximate surface area is 202 Å². The number of hydrogen-bond acceptors (Lipinski definition) is 4. The van der Waals surface area contributed by atoms with Crippen LogP contribution in [0.2, 0.25) is 0 Å². The zero-order valence-corrected chi connectivity index (χ0v) is 20.0. The molecule has 0 saturated heterocycles. The topological polar surface area (TPSA) is 53.4 Å². The third-order valence-electron chi connectivity index (χ3n) is 6.19. The second-order valence-electron chi connectivity index (χ2n) is 9.52. The Morgan fingerprint density at radius 3 is 2.57 bits per heavy atom. The number of carbonyl (C=O) groups excluding carboxylic acids is 1. The summed E-state index contributed by atoms with van der Waals surface area (Å²) in [6, 6.07) is 11.2. The Balaban J connectivity index is 1.66. The van der Waals surface area contributed by atoms with Crippen LogP contribution < -0.4 is 4.74 Å². The van der Waals surface area contributed by atoms with Crippen molar-refractivity contribution in [2.24, 2.45) is 11.8 Å². The normalized spacial score (nSPS) is 20.4. The van der Waals surface area contributed by atoms with Crippen molar-refractivity contribution in [2.75, 3.05) is 0 Å². The average molecular weight is 487 g/mol. The van der Waals surface area contributed by atoms with Crippen LogP contribution in [-0.4, -0.2) is 33.9 Å². The van der Waals surface area contributed by atoms with E-state index in [1.54, 1.807) is 24.5 Å². The SMILES string of the molecule is C=C(C)C(=O)OC1CCC(Oc2ccc3cc(-c4cccnc4)n(CC(C)C)c3c2)C1C(F)(F)F. The highest BCUT2D eigenvalue weighted by Crippen LogP contribution is 2.43. The maximum Gasteiger partial charge on any atom is 0.398 e. The van der Waals surface area contributed by atoms with Crippen molar-refractivity contribution in [3.63, 3.8) is 0 Å². The summed E-state index contributed by atoms with van der Waals surface area (Å²) < 4.78 is 55.1. The van der Waals surface area contributed by atoms with E-state index in [1.807, 2.05) is 18.2 Å². The molecule has 0 spiro atoms. The molecule has 0 N–H and O–H groups in total. The number of rotatable bonds is 7. The lowest BCUT2D eigenvalue weighted by Crippen LogP contribution is -2.41. The van der Waals surface area contributed by atoms with E-state index in [1.165, 1.54) is 6.92 Å². The van der Waals surface area contributed by atoms with E-state index in [9.17, 15) is 18.0 Å². The second-order valence-corrected chi connectivity index (χ2v) is 9.52. The molecule has 1 aliphatic carbocycles. The van der Waals surface area contributed by atoms with Gasteiger partial charge in [0.2, 0.25) is 0 Å². The monoisotopic (exact) mass is 486 g/mol. The van der Waals surface area contributed by atoms with E-state index in [2.05, 4.69) is 36.0 Å². The van der Waals surface area contributed by atoms with Gasteiger partial charge in [-0.2, -0.15) is 13.2 Å². The lowest BCUT2D eigenvalue weighted by molar-refractivity contribution is -0.215. The molecular formula is C27H29F3N2O3. The summed E-state index contributed by atoms with van der Waals surface area (Å²) in [5.41, 5.74) is 2.89. The molecule has 8 heteroatoms. The third kappa shape index (κ3) is 5.36. The van der Waals surface area contributed by atoms with Crippen LogP contribution in [0.5, 0.6) is 5.75 Å². The second kappa shape index (κ2) is 9.76. The first-order valence-corrected chi connectivity index (χ1v) is 11.7. The molecular weight excluding hydrogens is 457 g/mol. The Hall–Kier alpha value is -3.29. The fourth-order valence-corrected chi connectivity index (χ4v) is 4.65. The van der Waals surface area contributed by atoms with E-state index in [0.717, 1.165) is 28.7 Å². The quantitative estimate of drug-likeness (QED) is 0.280. The van der Waals surface area contributed by atoms with Crippen molar-refractivity contribution in [1.29, 1.82) is 0 Å². The van der Waals surface area contributed by atoms with Crippen molar-refractivity contribution in [3.05, 3.63) is 60.9 Å². The van der Waals surface area contributed by atoms with Gasteiger partial charge in [0.25, 0.3) is 0 Å². The maximum atomic E-state index is 14.0. The van der Waals surface area contributed by atoms with Gasteiger partial charge >= 0.3 is 12.1 Å². The molecule has 186 valence electrons. The Bertz CT molecular complexity index is 1220. The molecule has 2 aromatic heterocycles. The van der Waals surface area contributed by atoms with Crippen LogP contribution in [-0.2, 0) is 16.1 Å². The summed E-state index contributed by atoms with van der Waals surface area (Å²) in [6.45, 7) is 9.82. The van der Waals surface area contributed by atoms with Gasteiger partial charge in [-0.15, -0.1) is 0 Å². The van der Waals surface area contributed by atoms with Crippen LogP contribution in [0, 0.1) is 11.8 Å². The van der Waals surface area contributed by atoms with Crippen LogP contribution >= 0.6 is 0 Å². The summed E-state index contributed by atoms with van der Waals surface area (Å²) >= 11 is 0. The van der Waals surface area contributed by atoms with Crippen molar-refractivity contribution < 1.29 is 27.4 Å². The number of esters is 1. The van der Waals surface area contributed by atoms with Crippen LogP contribution in [0.25, 0.3) is 22.2 Å². The molecule has 0 aliphatic heterocycles. The van der Waals surface area contributed by atoms with E-state index in [0.29, 0.717) is 11.7 Å². The Morgan fingerprint density at radius 2 is 1.94 bits per heavy atom. The van der Waals surface area contributed by atoms with Crippen molar-refractivity contribution in [3.8, 4) is 17.0 Å². The number of hydrogen-bond donors (Lipinski definition) is 0. The number of halogens is 3. The summed E-state index contributed by atoms with van der Waals surface area (Å²) in [4.78, 5) is 16.1. The highest BCUT2D eigenvalue weighted by Gasteiger charge is 2.55. The molecule has 3 unspecified atom stereocenters. The van der Waals surface area contributed by atoms with Gasteiger partial charge in [-0.25, -0.2) is 4.79 Å². The zero-order chi connectivity index (χ0) is 25.3. The summed E-state index contributed by atoms with van der Waals surface area (Å²) in [5, 5.41) is 0.962. The Morgan fingerprint density at radius 1 is 1.20 bits per heavy atom. The van der Waals surface area contributed by atoms with Gasteiger partial charge in [0, 0.05) is 41.5 Å².